The van der Waals surface area contributed by atoms with Gasteiger partial charge in [-0.05, 0) is 19.1 Å². The molecule has 0 saturated heterocycles. The number of hydrogen-bond donors (Lipinski definition) is 1. The molecule has 1 amide bonds. The van der Waals surface area contributed by atoms with Crippen LogP contribution >= 0.6 is 0 Å². The predicted molar refractivity (Wildman–Crippen MR) is 66.0 cm³/mol. The first kappa shape index (κ1) is 15.0. The summed E-state index contributed by atoms with van der Waals surface area (Å²) in [6.45, 7) is 2.78. The molecule has 1 rings (SSSR count). The molecular weight excluding hydrogens is 220 g/mol. The van der Waals surface area contributed by atoms with Crippen LogP contribution in [-0.2, 0) is 9.53 Å². The maximum absolute atomic E-state index is 11.2. The molecule has 0 aliphatic rings. The summed E-state index contributed by atoms with van der Waals surface area (Å²) >= 11 is 0. The number of amidine groups is 1. The van der Waals surface area contributed by atoms with Crippen molar-refractivity contribution >= 4 is 18.0 Å². The van der Waals surface area contributed by atoms with Crippen molar-refractivity contribution in [1.82, 2.24) is 0 Å². The fraction of sp³-hybridized carbons (Fsp3) is 0.250. The highest BCUT2D eigenvalue weighted by molar-refractivity contribution is 6.29. The number of nitrogens with zero attached hydrogens (tertiary/aromatic N) is 1. The van der Waals surface area contributed by atoms with Gasteiger partial charge in [0.1, 0.15) is 0 Å². The first-order valence-corrected chi connectivity index (χ1v) is 5.03. The number of carbonyl (C=O) groups is 2. The number of hydrogen-bond acceptors (Lipinski definition) is 3. The van der Waals surface area contributed by atoms with Crippen molar-refractivity contribution < 1.29 is 14.3 Å². The third-order valence-corrected chi connectivity index (χ3v) is 1.66. The van der Waals surface area contributed by atoms with Gasteiger partial charge in [0, 0.05) is 19.3 Å². The fourth-order valence-corrected chi connectivity index (χ4v) is 0.789. The number of aliphatic imine (C=N–C) groups is 1. The first-order chi connectivity index (χ1) is 8.15. The Morgan fingerprint density at radius 1 is 1.41 bits per heavy atom. The number of benzene rings is 1. The van der Waals surface area contributed by atoms with Crippen molar-refractivity contribution in [2.45, 2.75) is 6.92 Å². The fourth-order valence-electron chi connectivity index (χ4n) is 0.789. The van der Waals surface area contributed by atoms with E-state index in [0.29, 0.717) is 11.8 Å². The molecule has 0 saturated carbocycles. The molecule has 0 radical (unpaired) electrons. The zero-order chi connectivity index (χ0) is 13.1. The molecule has 0 aromatic heterocycles. The second kappa shape index (κ2) is 9.23. The van der Waals surface area contributed by atoms with Gasteiger partial charge in [0.25, 0.3) is 5.91 Å². The highest BCUT2D eigenvalue weighted by atomic mass is 16.5. The second-order valence-corrected chi connectivity index (χ2v) is 2.90. The molecule has 5 nitrogen and oxygen atoms in total. The number of amides is 1. The van der Waals surface area contributed by atoms with Crippen LogP contribution in [0.1, 0.15) is 17.3 Å². The van der Waals surface area contributed by atoms with E-state index in [-0.39, 0.29) is 5.84 Å². The summed E-state index contributed by atoms with van der Waals surface area (Å²) in [7, 11) is 1.68. The molecule has 0 aliphatic heterocycles. The van der Waals surface area contributed by atoms with Crippen LogP contribution in [-0.4, -0.2) is 31.7 Å². The molecule has 5 heteroatoms. The Balaban J connectivity index is 0.000000557. The summed E-state index contributed by atoms with van der Waals surface area (Å²) in [5.74, 6) is -0.820. The maximum atomic E-state index is 11.2. The highest BCUT2D eigenvalue weighted by Gasteiger charge is 2.02. The highest BCUT2D eigenvalue weighted by Crippen LogP contribution is 1.99. The summed E-state index contributed by atoms with van der Waals surface area (Å²) < 4.78 is 4.54. The van der Waals surface area contributed by atoms with Crippen LogP contribution in [0.5, 0.6) is 0 Å². The zero-order valence-electron chi connectivity index (χ0n) is 9.92. The van der Waals surface area contributed by atoms with Crippen molar-refractivity contribution in [1.29, 1.82) is 0 Å². The summed E-state index contributed by atoms with van der Waals surface area (Å²) in [6, 6.07) is 8.40. The standard InChI is InChI=1S/C9H8N2O2.C3H8O/c10-8(6-12)11-9(13)7-4-2-1-3-5-7;1-3-4-2/h1-6H,(H2,10,11,13);3H2,1-2H3. The number of aldehydes is 1. The Kier molecular flexibility index (Phi) is 8.14. The van der Waals surface area contributed by atoms with Crippen LogP contribution in [0, 0.1) is 0 Å². The average molecular weight is 236 g/mol. The first-order valence-electron chi connectivity index (χ1n) is 5.03. The van der Waals surface area contributed by atoms with Gasteiger partial charge in [-0.2, -0.15) is 4.99 Å². The second-order valence-electron chi connectivity index (χ2n) is 2.90. The van der Waals surface area contributed by atoms with Crippen LogP contribution in [0.3, 0.4) is 0 Å². The molecule has 0 atom stereocenters. The molecule has 2 N–H and O–H groups in total. The quantitative estimate of drug-likeness (QED) is 0.483. The molecule has 0 heterocycles. The normalized spacial score (nSPS) is 10.1. The minimum Gasteiger partial charge on any atom is -0.385 e. The zero-order valence-corrected chi connectivity index (χ0v) is 9.92. The van der Waals surface area contributed by atoms with E-state index in [1.165, 1.54) is 0 Å². The Labute approximate surface area is 100 Å². The summed E-state index contributed by atoms with van der Waals surface area (Å²) in [5, 5.41) is 0. The van der Waals surface area contributed by atoms with Gasteiger partial charge in [-0.25, -0.2) is 0 Å². The van der Waals surface area contributed by atoms with Crippen LogP contribution in [0.15, 0.2) is 35.3 Å². The number of ether oxygens (including phenoxy) is 1. The lowest BCUT2D eigenvalue weighted by Crippen LogP contribution is -2.15. The lowest BCUT2D eigenvalue weighted by atomic mass is 10.2. The van der Waals surface area contributed by atoms with Crippen molar-refractivity contribution in [3.63, 3.8) is 0 Å². The van der Waals surface area contributed by atoms with Gasteiger partial charge in [-0.1, -0.05) is 18.2 Å². The van der Waals surface area contributed by atoms with Gasteiger partial charge >= 0.3 is 0 Å². The molecule has 92 valence electrons. The van der Waals surface area contributed by atoms with Gasteiger partial charge in [-0.15, -0.1) is 0 Å². The van der Waals surface area contributed by atoms with Crippen LogP contribution < -0.4 is 5.73 Å². The smallest absolute Gasteiger partial charge is 0.279 e. The number of rotatable bonds is 3. The van der Waals surface area contributed by atoms with Crippen molar-refractivity contribution in [3.8, 4) is 0 Å². The number of carbonyl (C=O) groups excluding carboxylic acids is 2. The minimum absolute atomic E-state index is 0.311. The largest absolute Gasteiger partial charge is 0.385 e. The molecule has 0 bridgehead atoms. The number of nitrogens with two attached hydrogens (primary N) is 1. The van der Waals surface area contributed by atoms with Gasteiger partial charge in [0.15, 0.2) is 12.1 Å². The Morgan fingerprint density at radius 2 is 1.94 bits per heavy atom. The van der Waals surface area contributed by atoms with E-state index in [4.69, 9.17) is 5.73 Å². The van der Waals surface area contributed by atoms with Crippen molar-refractivity contribution in [2.75, 3.05) is 13.7 Å². The van der Waals surface area contributed by atoms with Crippen molar-refractivity contribution in [3.05, 3.63) is 35.9 Å². The molecule has 0 spiro atoms. The van der Waals surface area contributed by atoms with Crippen molar-refractivity contribution in [2.24, 2.45) is 10.7 Å². The molecule has 0 fully saturated rings. The van der Waals surface area contributed by atoms with Crippen LogP contribution in [0.2, 0.25) is 0 Å². The Hall–Kier alpha value is -2.01. The molecule has 0 unspecified atom stereocenters. The van der Waals surface area contributed by atoms with E-state index in [1.807, 2.05) is 6.92 Å². The van der Waals surface area contributed by atoms with E-state index >= 15 is 0 Å². The molecule has 0 aliphatic carbocycles. The van der Waals surface area contributed by atoms with Gasteiger partial charge in [-0.3, -0.25) is 9.59 Å². The summed E-state index contributed by atoms with van der Waals surface area (Å²) in [6.07, 6.45) is 0.334. The summed E-state index contributed by atoms with van der Waals surface area (Å²) in [5.41, 5.74) is 5.48. The van der Waals surface area contributed by atoms with Gasteiger partial charge < -0.3 is 10.5 Å². The monoisotopic (exact) mass is 236 g/mol. The Morgan fingerprint density at radius 3 is 2.35 bits per heavy atom. The third-order valence-electron chi connectivity index (χ3n) is 1.66. The van der Waals surface area contributed by atoms with Gasteiger partial charge in [0.2, 0.25) is 0 Å². The van der Waals surface area contributed by atoms with Crippen LogP contribution in [0.25, 0.3) is 0 Å². The van der Waals surface area contributed by atoms with E-state index in [1.54, 1.807) is 37.4 Å². The third kappa shape index (κ3) is 6.97. The van der Waals surface area contributed by atoms with E-state index in [2.05, 4.69) is 9.73 Å². The number of methoxy groups -OCH3 is 1. The maximum Gasteiger partial charge on any atom is 0.279 e. The Bertz CT molecular complexity index is 373. The topological polar surface area (TPSA) is 81.8 Å². The van der Waals surface area contributed by atoms with Crippen LogP contribution in [0.4, 0.5) is 0 Å². The minimum atomic E-state index is -0.509. The van der Waals surface area contributed by atoms with Gasteiger partial charge in [0.05, 0.1) is 0 Å². The van der Waals surface area contributed by atoms with E-state index in [9.17, 15) is 9.59 Å². The molecule has 1 aromatic rings. The van der Waals surface area contributed by atoms with E-state index < -0.39 is 5.91 Å². The summed E-state index contributed by atoms with van der Waals surface area (Å²) in [4.78, 5) is 24.6. The average Bonchev–Trinajstić information content (AvgIpc) is 2.39. The predicted octanol–water partition coefficient (Wildman–Crippen LogP) is 1.04. The lowest BCUT2D eigenvalue weighted by molar-refractivity contribution is -0.102. The molecule has 1 aromatic carbocycles. The lowest BCUT2D eigenvalue weighted by Gasteiger charge is -1.93. The molecule has 17 heavy (non-hydrogen) atoms. The van der Waals surface area contributed by atoms with E-state index in [0.717, 1.165) is 6.61 Å². The molecular formula is C12H16N2O3. The SMILES string of the molecule is CCOC.NC(C=O)=NC(=O)c1ccccc1.